The fourth-order valence-corrected chi connectivity index (χ4v) is 2.64. The number of halogens is 3. The van der Waals surface area contributed by atoms with E-state index in [2.05, 4.69) is 10.6 Å². The molecule has 0 aromatic heterocycles. The number of hydrogen-bond acceptors (Lipinski definition) is 3. The maximum Gasteiger partial charge on any atom is 0.262 e. The number of hydrogen-bond donors (Lipinski definition) is 2. The van der Waals surface area contributed by atoms with Crippen LogP contribution >= 0.6 is 11.6 Å². The average molecular weight is 417 g/mol. The Kier molecular flexibility index (Phi) is 6.41. The van der Waals surface area contributed by atoms with Crippen LogP contribution in [0.2, 0.25) is 5.02 Å². The van der Waals surface area contributed by atoms with Gasteiger partial charge in [-0.1, -0.05) is 41.9 Å². The first-order valence-electron chi connectivity index (χ1n) is 8.47. The summed E-state index contributed by atoms with van der Waals surface area (Å²) < 4.78 is 33.0. The molecule has 0 spiro atoms. The molecule has 0 heterocycles. The normalized spacial score (nSPS) is 10.3. The number of para-hydroxylation sites is 2. The third kappa shape index (κ3) is 5.08. The van der Waals surface area contributed by atoms with Crippen molar-refractivity contribution >= 4 is 34.8 Å². The standard InChI is InChI=1S/C21H15ClF2N2O3/c22-14-7-5-10-17(20(14)24)26-21(28)13-6-1-4-11-18(13)29-12-19(27)25-16-9-3-2-8-15(16)23/h1-11H,12H2,(H,25,27)(H,26,28). The largest absolute Gasteiger partial charge is 0.483 e. The Morgan fingerprint density at radius 3 is 2.34 bits per heavy atom. The molecule has 0 aliphatic carbocycles. The highest BCUT2D eigenvalue weighted by molar-refractivity contribution is 6.31. The number of anilines is 2. The summed E-state index contributed by atoms with van der Waals surface area (Å²) in [6, 6.07) is 16.1. The molecule has 0 radical (unpaired) electrons. The SMILES string of the molecule is O=C(COc1ccccc1C(=O)Nc1cccc(Cl)c1F)Nc1ccccc1F. The molecule has 0 aliphatic rings. The first-order chi connectivity index (χ1) is 14.0. The second kappa shape index (κ2) is 9.16. The minimum absolute atomic E-state index is 0.0172. The van der Waals surface area contributed by atoms with Crippen molar-refractivity contribution in [3.8, 4) is 5.75 Å². The lowest BCUT2D eigenvalue weighted by molar-refractivity contribution is -0.118. The van der Waals surface area contributed by atoms with E-state index >= 15 is 0 Å². The summed E-state index contributed by atoms with van der Waals surface area (Å²) in [6.07, 6.45) is 0. The number of benzene rings is 3. The molecule has 0 unspecified atom stereocenters. The van der Waals surface area contributed by atoms with Crippen LogP contribution in [0.4, 0.5) is 20.2 Å². The summed E-state index contributed by atoms with van der Waals surface area (Å²) in [5.74, 6) is -2.48. The van der Waals surface area contributed by atoms with Crippen molar-refractivity contribution in [2.45, 2.75) is 0 Å². The van der Waals surface area contributed by atoms with E-state index in [0.29, 0.717) is 0 Å². The highest BCUT2D eigenvalue weighted by atomic mass is 35.5. The van der Waals surface area contributed by atoms with Gasteiger partial charge in [-0.25, -0.2) is 8.78 Å². The van der Waals surface area contributed by atoms with E-state index in [4.69, 9.17) is 16.3 Å². The van der Waals surface area contributed by atoms with Crippen LogP contribution < -0.4 is 15.4 Å². The van der Waals surface area contributed by atoms with Gasteiger partial charge in [-0.2, -0.15) is 0 Å². The molecule has 5 nitrogen and oxygen atoms in total. The van der Waals surface area contributed by atoms with Crippen LogP contribution in [-0.2, 0) is 4.79 Å². The summed E-state index contributed by atoms with van der Waals surface area (Å²) in [5, 5.41) is 4.67. The Hall–Kier alpha value is -3.45. The zero-order valence-electron chi connectivity index (χ0n) is 14.9. The molecule has 3 rings (SSSR count). The number of carbonyl (C=O) groups is 2. The van der Waals surface area contributed by atoms with E-state index in [1.165, 1.54) is 48.5 Å². The molecule has 3 aromatic rings. The van der Waals surface area contributed by atoms with Crippen molar-refractivity contribution in [2.75, 3.05) is 17.2 Å². The summed E-state index contributed by atoms with van der Waals surface area (Å²) >= 11 is 5.71. The van der Waals surface area contributed by atoms with Gasteiger partial charge in [0.15, 0.2) is 12.4 Å². The van der Waals surface area contributed by atoms with Gasteiger partial charge in [0, 0.05) is 0 Å². The van der Waals surface area contributed by atoms with Gasteiger partial charge in [-0.15, -0.1) is 0 Å². The minimum atomic E-state index is -0.759. The van der Waals surface area contributed by atoms with E-state index < -0.39 is 30.1 Å². The lowest BCUT2D eigenvalue weighted by Crippen LogP contribution is -2.22. The van der Waals surface area contributed by atoms with Crippen LogP contribution in [0.25, 0.3) is 0 Å². The second-order valence-electron chi connectivity index (χ2n) is 5.87. The van der Waals surface area contributed by atoms with Crippen molar-refractivity contribution in [2.24, 2.45) is 0 Å². The third-order valence-corrected chi connectivity index (χ3v) is 4.13. The lowest BCUT2D eigenvalue weighted by atomic mass is 10.2. The first kappa shape index (κ1) is 20.3. The maximum atomic E-state index is 14.0. The number of ether oxygens (including phenoxy) is 1. The average Bonchev–Trinajstić information content (AvgIpc) is 2.72. The van der Waals surface area contributed by atoms with Crippen LogP contribution in [0.15, 0.2) is 66.7 Å². The fourth-order valence-electron chi connectivity index (χ4n) is 2.46. The van der Waals surface area contributed by atoms with Crippen LogP contribution in [0.5, 0.6) is 5.75 Å². The molecule has 3 aromatic carbocycles. The van der Waals surface area contributed by atoms with E-state index in [-0.39, 0.29) is 27.7 Å². The molecular weight excluding hydrogens is 402 g/mol. The van der Waals surface area contributed by atoms with Crippen LogP contribution in [0, 0.1) is 11.6 Å². The van der Waals surface area contributed by atoms with Gasteiger partial charge >= 0.3 is 0 Å². The molecule has 2 N–H and O–H groups in total. The molecule has 0 aliphatic heterocycles. The molecule has 0 saturated carbocycles. The summed E-state index contributed by atoms with van der Waals surface area (Å²) in [6.45, 7) is -0.454. The first-order valence-corrected chi connectivity index (χ1v) is 8.85. The van der Waals surface area contributed by atoms with Crippen molar-refractivity contribution in [3.05, 3.63) is 89.0 Å². The number of nitrogens with one attached hydrogen (secondary N) is 2. The summed E-state index contributed by atoms with van der Waals surface area (Å²) in [7, 11) is 0. The van der Waals surface area contributed by atoms with Gasteiger partial charge < -0.3 is 15.4 Å². The van der Waals surface area contributed by atoms with Gasteiger partial charge in [0.25, 0.3) is 11.8 Å². The van der Waals surface area contributed by atoms with E-state index in [1.807, 2.05) is 0 Å². The third-order valence-electron chi connectivity index (χ3n) is 3.84. The highest BCUT2D eigenvalue weighted by Gasteiger charge is 2.16. The Morgan fingerprint density at radius 2 is 1.55 bits per heavy atom. The number of amides is 2. The van der Waals surface area contributed by atoms with Crippen LogP contribution in [-0.4, -0.2) is 18.4 Å². The molecule has 0 fully saturated rings. The van der Waals surface area contributed by atoms with Crippen LogP contribution in [0.3, 0.4) is 0 Å². The zero-order chi connectivity index (χ0) is 20.8. The molecule has 2 amide bonds. The number of rotatable bonds is 6. The van der Waals surface area contributed by atoms with E-state index in [9.17, 15) is 18.4 Å². The highest BCUT2D eigenvalue weighted by Crippen LogP contribution is 2.24. The molecular formula is C21H15ClF2N2O3. The molecule has 0 atom stereocenters. The fraction of sp³-hybridized carbons (Fsp3) is 0.0476. The topological polar surface area (TPSA) is 67.4 Å². The van der Waals surface area contributed by atoms with Gasteiger partial charge in [-0.05, 0) is 36.4 Å². The van der Waals surface area contributed by atoms with Gasteiger partial charge in [-0.3, -0.25) is 9.59 Å². The lowest BCUT2D eigenvalue weighted by Gasteiger charge is -2.12. The molecule has 29 heavy (non-hydrogen) atoms. The Morgan fingerprint density at radius 1 is 0.862 bits per heavy atom. The predicted octanol–water partition coefficient (Wildman–Crippen LogP) is 4.89. The van der Waals surface area contributed by atoms with Crippen molar-refractivity contribution in [1.29, 1.82) is 0 Å². The Balaban J connectivity index is 1.68. The molecule has 148 valence electrons. The quantitative estimate of drug-likeness (QED) is 0.601. The summed E-state index contributed by atoms with van der Waals surface area (Å²) in [5.41, 5.74) is 0.0173. The van der Waals surface area contributed by atoms with Crippen molar-refractivity contribution < 1.29 is 23.1 Å². The van der Waals surface area contributed by atoms with E-state index in [0.717, 1.165) is 0 Å². The minimum Gasteiger partial charge on any atom is -0.483 e. The molecule has 0 bridgehead atoms. The van der Waals surface area contributed by atoms with Crippen molar-refractivity contribution in [3.63, 3.8) is 0 Å². The number of carbonyl (C=O) groups excluding carboxylic acids is 2. The molecule has 0 saturated heterocycles. The monoisotopic (exact) mass is 416 g/mol. The Bertz CT molecular complexity index is 1060. The van der Waals surface area contributed by atoms with Gasteiger partial charge in [0.05, 0.1) is 22.0 Å². The predicted molar refractivity (Wildman–Crippen MR) is 106 cm³/mol. The molecule has 8 heteroatoms. The van der Waals surface area contributed by atoms with Gasteiger partial charge in [0.2, 0.25) is 0 Å². The van der Waals surface area contributed by atoms with Crippen LogP contribution in [0.1, 0.15) is 10.4 Å². The Labute approximate surface area is 170 Å². The van der Waals surface area contributed by atoms with Gasteiger partial charge in [0.1, 0.15) is 11.6 Å². The smallest absolute Gasteiger partial charge is 0.262 e. The maximum absolute atomic E-state index is 14.0. The second-order valence-corrected chi connectivity index (χ2v) is 6.28. The van der Waals surface area contributed by atoms with E-state index in [1.54, 1.807) is 18.2 Å². The van der Waals surface area contributed by atoms with Crippen molar-refractivity contribution in [1.82, 2.24) is 0 Å². The zero-order valence-corrected chi connectivity index (χ0v) is 15.7. The summed E-state index contributed by atoms with van der Waals surface area (Å²) in [4.78, 5) is 24.6.